The second kappa shape index (κ2) is 4.90. The second-order valence-electron chi connectivity index (χ2n) is 5.82. The topological polar surface area (TPSA) is 3.24 Å². The van der Waals surface area contributed by atoms with Gasteiger partial charge in [0.15, 0.2) is 0 Å². The van der Waals surface area contributed by atoms with Crippen LogP contribution in [0.15, 0.2) is 53.5 Å². The predicted molar refractivity (Wildman–Crippen MR) is 82.1 cm³/mol. The zero-order valence-electron chi connectivity index (χ0n) is 11.9. The SMILES string of the molecule is CC1=CN(C(C)(C)C)P(c2ccccc2)C(C)=C1. The van der Waals surface area contributed by atoms with Crippen molar-refractivity contribution in [2.75, 3.05) is 0 Å². The standard InChI is InChI=1S/C16H22NP/c1-13-11-14(2)18(15-9-7-6-8-10-15)17(12-13)16(3,4)5/h6-12H,1-5H3. The third-order valence-electron chi connectivity index (χ3n) is 3.00. The Hall–Kier alpha value is -1.07. The first-order valence-electron chi connectivity index (χ1n) is 6.41. The van der Waals surface area contributed by atoms with Gasteiger partial charge in [0.25, 0.3) is 0 Å². The fraction of sp³-hybridized carbons (Fsp3) is 0.375. The Balaban J connectivity index is 2.46. The van der Waals surface area contributed by atoms with Gasteiger partial charge in [-0.1, -0.05) is 36.4 Å². The summed E-state index contributed by atoms with van der Waals surface area (Å²) in [7, 11) is -0.388. The zero-order chi connectivity index (χ0) is 13.3. The molecule has 2 rings (SSSR count). The lowest BCUT2D eigenvalue weighted by Crippen LogP contribution is -2.37. The van der Waals surface area contributed by atoms with Crippen LogP contribution in [-0.4, -0.2) is 10.2 Å². The molecule has 0 radical (unpaired) electrons. The predicted octanol–water partition coefficient (Wildman–Crippen LogP) is 4.63. The van der Waals surface area contributed by atoms with Crippen LogP contribution in [0.1, 0.15) is 34.6 Å². The summed E-state index contributed by atoms with van der Waals surface area (Å²) in [6, 6.07) is 10.9. The minimum atomic E-state index is -0.388. The molecule has 1 atom stereocenters. The molecule has 1 aliphatic heterocycles. The zero-order valence-corrected chi connectivity index (χ0v) is 12.8. The highest BCUT2D eigenvalue weighted by molar-refractivity contribution is 7.67. The number of hydrogen-bond donors (Lipinski definition) is 0. The molecular weight excluding hydrogens is 237 g/mol. The second-order valence-corrected chi connectivity index (χ2v) is 8.10. The summed E-state index contributed by atoms with van der Waals surface area (Å²) >= 11 is 0. The van der Waals surface area contributed by atoms with E-state index in [0.29, 0.717) is 0 Å². The quantitative estimate of drug-likeness (QED) is 0.665. The van der Waals surface area contributed by atoms with Crippen LogP contribution in [0.2, 0.25) is 0 Å². The fourth-order valence-corrected chi connectivity index (χ4v) is 4.91. The number of hydrogen-bond acceptors (Lipinski definition) is 1. The van der Waals surface area contributed by atoms with E-state index in [1.807, 2.05) is 0 Å². The first-order valence-corrected chi connectivity index (χ1v) is 7.70. The highest BCUT2D eigenvalue weighted by Gasteiger charge is 2.30. The molecule has 1 aliphatic rings. The van der Waals surface area contributed by atoms with Crippen LogP contribution in [0, 0.1) is 0 Å². The number of benzene rings is 1. The minimum Gasteiger partial charge on any atom is -0.344 e. The molecule has 1 nitrogen and oxygen atoms in total. The average molecular weight is 259 g/mol. The molecular formula is C16H22NP. The van der Waals surface area contributed by atoms with Crippen molar-refractivity contribution in [3.8, 4) is 0 Å². The van der Waals surface area contributed by atoms with Gasteiger partial charge in [0.1, 0.15) is 0 Å². The molecule has 0 saturated carbocycles. The third kappa shape index (κ3) is 2.67. The van der Waals surface area contributed by atoms with Gasteiger partial charge >= 0.3 is 0 Å². The Kier molecular flexibility index (Phi) is 3.64. The van der Waals surface area contributed by atoms with Crippen molar-refractivity contribution in [2.24, 2.45) is 0 Å². The van der Waals surface area contributed by atoms with Crippen LogP contribution in [0.5, 0.6) is 0 Å². The van der Waals surface area contributed by atoms with Gasteiger partial charge in [0.05, 0.1) is 8.07 Å². The lowest BCUT2D eigenvalue weighted by Gasteiger charge is -2.44. The van der Waals surface area contributed by atoms with Gasteiger partial charge in [-0.25, -0.2) is 0 Å². The Labute approximate surface area is 112 Å². The molecule has 0 aromatic heterocycles. The molecule has 1 aromatic rings. The van der Waals surface area contributed by atoms with Crippen molar-refractivity contribution >= 4 is 13.4 Å². The molecule has 18 heavy (non-hydrogen) atoms. The van der Waals surface area contributed by atoms with E-state index < -0.39 is 0 Å². The molecule has 1 unspecified atom stereocenters. The van der Waals surface area contributed by atoms with Crippen LogP contribution in [0.3, 0.4) is 0 Å². The molecule has 2 heteroatoms. The van der Waals surface area contributed by atoms with Crippen LogP contribution in [-0.2, 0) is 0 Å². The Morgan fingerprint density at radius 1 is 1.00 bits per heavy atom. The number of nitrogens with zero attached hydrogens (tertiary/aromatic N) is 1. The first-order chi connectivity index (χ1) is 8.39. The number of rotatable bonds is 1. The summed E-state index contributed by atoms with van der Waals surface area (Å²) < 4.78 is 2.53. The van der Waals surface area contributed by atoms with Gasteiger partial charge < -0.3 is 4.67 Å². The molecule has 1 aromatic carbocycles. The number of allylic oxidation sites excluding steroid dienone is 3. The maximum absolute atomic E-state index is 2.53. The lowest BCUT2D eigenvalue weighted by molar-refractivity contribution is 0.339. The average Bonchev–Trinajstić information content (AvgIpc) is 2.28. The molecule has 0 aliphatic carbocycles. The highest BCUT2D eigenvalue weighted by Crippen LogP contribution is 2.53. The maximum Gasteiger partial charge on any atom is 0.0505 e. The van der Waals surface area contributed by atoms with E-state index in [0.717, 1.165) is 0 Å². The monoisotopic (exact) mass is 259 g/mol. The molecule has 1 heterocycles. The molecule has 96 valence electrons. The van der Waals surface area contributed by atoms with E-state index in [1.54, 1.807) is 0 Å². The largest absolute Gasteiger partial charge is 0.344 e. The molecule has 0 saturated heterocycles. The third-order valence-corrected chi connectivity index (χ3v) is 5.73. The molecule has 0 fully saturated rings. The molecule has 0 amide bonds. The van der Waals surface area contributed by atoms with E-state index >= 15 is 0 Å². The van der Waals surface area contributed by atoms with E-state index in [2.05, 4.69) is 81.9 Å². The minimum absolute atomic E-state index is 0.151. The molecule has 0 N–H and O–H groups in total. The van der Waals surface area contributed by atoms with Crippen molar-refractivity contribution in [3.05, 3.63) is 53.5 Å². The summed E-state index contributed by atoms with van der Waals surface area (Å²) in [6.45, 7) is 11.3. The summed E-state index contributed by atoms with van der Waals surface area (Å²) in [6.07, 6.45) is 4.63. The van der Waals surface area contributed by atoms with Crippen molar-refractivity contribution in [1.82, 2.24) is 4.67 Å². The lowest BCUT2D eigenvalue weighted by atomic mass is 10.1. The van der Waals surface area contributed by atoms with Gasteiger partial charge in [0.2, 0.25) is 0 Å². The van der Waals surface area contributed by atoms with Gasteiger partial charge in [-0.05, 0) is 45.5 Å². The smallest absolute Gasteiger partial charge is 0.0505 e. The summed E-state index contributed by atoms with van der Waals surface area (Å²) in [4.78, 5) is 0. The van der Waals surface area contributed by atoms with Crippen molar-refractivity contribution in [1.29, 1.82) is 0 Å². The summed E-state index contributed by atoms with van der Waals surface area (Å²) in [5.41, 5.74) is 1.50. The molecule has 0 spiro atoms. The van der Waals surface area contributed by atoms with Crippen LogP contribution in [0.25, 0.3) is 0 Å². The van der Waals surface area contributed by atoms with E-state index in [1.165, 1.54) is 16.2 Å². The summed E-state index contributed by atoms with van der Waals surface area (Å²) in [5, 5.41) is 2.91. The first kappa shape index (κ1) is 13.4. The van der Waals surface area contributed by atoms with Crippen LogP contribution >= 0.6 is 8.07 Å². The van der Waals surface area contributed by atoms with Gasteiger partial charge in [-0.15, -0.1) is 0 Å². The van der Waals surface area contributed by atoms with Crippen molar-refractivity contribution < 1.29 is 0 Å². The van der Waals surface area contributed by atoms with E-state index in [4.69, 9.17) is 0 Å². The van der Waals surface area contributed by atoms with Gasteiger partial charge in [-0.3, -0.25) is 0 Å². The maximum atomic E-state index is 2.53. The van der Waals surface area contributed by atoms with Crippen LogP contribution in [0.4, 0.5) is 0 Å². The van der Waals surface area contributed by atoms with Crippen molar-refractivity contribution in [2.45, 2.75) is 40.2 Å². The fourth-order valence-electron chi connectivity index (χ4n) is 2.24. The van der Waals surface area contributed by atoms with Gasteiger partial charge in [0, 0.05) is 17.0 Å². The van der Waals surface area contributed by atoms with E-state index in [9.17, 15) is 0 Å². The normalized spacial score (nSPS) is 20.5. The highest BCUT2D eigenvalue weighted by atomic mass is 31.1. The molecule has 0 bridgehead atoms. The van der Waals surface area contributed by atoms with E-state index in [-0.39, 0.29) is 13.6 Å². The Morgan fingerprint density at radius 2 is 1.61 bits per heavy atom. The van der Waals surface area contributed by atoms with Gasteiger partial charge in [-0.2, -0.15) is 0 Å². The Bertz CT molecular complexity index is 480. The Morgan fingerprint density at radius 3 is 2.17 bits per heavy atom. The van der Waals surface area contributed by atoms with Crippen LogP contribution < -0.4 is 5.30 Å². The summed E-state index contributed by atoms with van der Waals surface area (Å²) in [5.74, 6) is 0. The van der Waals surface area contributed by atoms with Crippen molar-refractivity contribution in [3.63, 3.8) is 0 Å².